The first-order chi connectivity index (χ1) is 14.4. The Balaban J connectivity index is 1.59. The lowest BCUT2D eigenvalue weighted by molar-refractivity contribution is 0.0879. The van der Waals surface area contributed by atoms with Gasteiger partial charge in [-0.1, -0.05) is 18.2 Å². The summed E-state index contributed by atoms with van der Waals surface area (Å²) in [7, 11) is -2.63. The predicted octanol–water partition coefficient (Wildman–Crippen LogP) is 3.28. The van der Waals surface area contributed by atoms with Crippen LogP contribution in [0.4, 0.5) is 5.69 Å². The molecule has 3 aromatic carbocycles. The van der Waals surface area contributed by atoms with Crippen molar-refractivity contribution < 1.29 is 27.2 Å². The van der Waals surface area contributed by atoms with Crippen molar-refractivity contribution in [2.45, 2.75) is 4.90 Å². The number of para-hydroxylation sites is 1. The third-order valence-corrected chi connectivity index (χ3v) is 6.32. The van der Waals surface area contributed by atoms with Gasteiger partial charge in [-0.3, -0.25) is 19.6 Å². The number of carbonyl (C=O) groups is 2. The molecule has 2 N–H and O–H groups in total. The van der Waals surface area contributed by atoms with E-state index in [9.17, 15) is 18.0 Å². The smallest absolute Gasteiger partial charge is 0.262 e. The van der Waals surface area contributed by atoms with Crippen molar-refractivity contribution in [3.05, 3.63) is 65.7 Å². The van der Waals surface area contributed by atoms with Crippen molar-refractivity contribution in [3.63, 3.8) is 0 Å². The quantitative estimate of drug-likeness (QED) is 0.488. The molecule has 0 bridgehead atoms. The number of amides is 2. The summed E-state index contributed by atoms with van der Waals surface area (Å²) >= 11 is 0. The number of rotatable bonds is 4. The zero-order valence-electron chi connectivity index (χ0n) is 15.6. The normalized spacial score (nSPS) is 13.5. The standard InChI is InChI=1S/C21H14N2O6S/c1-28-19-9-14-12-4-2-3-5-17(12)29-18(14)10-16(19)23-30(26,27)11-6-7-13-15(8-11)21(25)22-20(13)24/h2-10,23H,1H3,(H,22,24,25). The molecule has 2 heterocycles. The molecule has 30 heavy (non-hydrogen) atoms. The molecule has 5 rings (SSSR count). The van der Waals surface area contributed by atoms with E-state index in [1.54, 1.807) is 12.1 Å². The number of anilines is 1. The van der Waals surface area contributed by atoms with Gasteiger partial charge in [0.15, 0.2) is 0 Å². The molecule has 0 aliphatic carbocycles. The SMILES string of the molecule is COc1cc2c(cc1NS(=O)(=O)c1ccc3c(c1)C(=O)NC3=O)oc1ccccc12. The molecule has 0 radical (unpaired) electrons. The monoisotopic (exact) mass is 422 g/mol. The minimum atomic E-state index is -4.07. The fourth-order valence-electron chi connectivity index (χ4n) is 3.52. The van der Waals surface area contributed by atoms with Gasteiger partial charge < -0.3 is 9.15 Å². The van der Waals surface area contributed by atoms with Crippen LogP contribution in [0.3, 0.4) is 0 Å². The van der Waals surface area contributed by atoms with E-state index >= 15 is 0 Å². The van der Waals surface area contributed by atoms with E-state index < -0.39 is 21.8 Å². The number of furan rings is 1. The number of sulfonamides is 1. The molecular weight excluding hydrogens is 408 g/mol. The number of fused-ring (bicyclic) bond motifs is 4. The maximum Gasteiger partial charge on any atom is 0.262 e. The van der Waals surface area contributed by atoms with Crippen molar-refractivity contribution >= 4 is 49.5 Å². The summed E-state index contributed by atoms with van der Waals surface area (Å²) in [6.07, 6.45) is 0. The molecule has 0 atom stereocenters. The summed E-state index contributed by atoms with van der Waals surface area (Å²) in [4.78, 5) is 23.4. The third-order valence-electron chi connectivity index (χ3n) is 4.96. The lowest BCUT2D eigenvalue weighted by Crippen LogP contribution is -2.20. The minimum absolute atomic E-state index is 0.0163. The largest absolute Gasteiger partial charge is 0.495 e. The third kappa shape index (κ3) is 2.71. The number of hydrogen-bond donors (Lipinski definition) is 2. The molecular formula is C21H14N2O6S. The molecule has 0 spiro atoms. The molecule has 4 aromatic rings. The Morgan fingerprint density at radius 2 is 1.67 bits per heavy atom. The van der Waals surface area contributed by atoms with Crippen LogP contribution in [-0.4, -0.2) is 27.3 Å². The number of nitrogens with one attached hydrogen (secondary N) is 2. The van der Waals surface area contributed by atoms with Gasteiger partial charge in [0.25, 0.3) is 21.8 Å². The van der Waals surface area contributed by atoms with Gasteiger partial charge in [0, 0.05) is 16.8 Å². The highest BCUT2D eigenvalue weighted by Crippen LogP contribution is 2.37. The highest BCUT2D eigenvalue weighted by atomic mass is 32.2. The highest BCUT2D eigenvalue weighted by Gasteiger charge is 2.29. The van der Waals surface area contributed by atoms with Crippen molar-refractivity contribution in [2.24, 2.45) is 0 Å². The van der Waals surface area contributed by atoms with Gasteiger partial charge in [-0.15, -0.1) is 0 Å². The molecule has 150 valence electrons. The van der Waals surface area contributed by atoms with Crippen LogP contribution in [0, 0.1) is 0 Å². The first-order valence-corrected chi connectivity index (χ1v) is 10.4. The number of imide groups is 1. The number of benzene rings is 3. The van der Waals surface area contributed by atoms with Gasteiger partial charge in [-0.2, -0.15) is 0 Å². The fourth-order valence-corrected chi connectivity index (χ4v) is 4.61. The van der Waals surface area contributed by atoms with Crippen LogP contribution in [0.2, 0.25) is 0 Å². The zero-order valence-corrected chi connectivity index (χ0v) is 16.4. The van der Waals surface area contributed by atoms with Gasteiger partial charge in [-0.25, -0.2) is 8.42 Å². The van der Waals surface area contributed by atoms with Crippen LogP contribution in [0.1, 0.15) is 20.7 Å². The molecule has 1 aromatic heterocycles. The van der Waals surface area contributed by atoms with Crippen molar-refractivity contribution in [2.75, 3.05) is 11.8 Å². The van der Waals surface area contributed by atoms with E-state index in [-0.39, 0.29) is 21.7 Å². The van der Waals surface area contributed by atoms with E-state index in [4.69, 9.17) is 9.15 Å². The van der Waals surface area contributed by atoms with Crippen LogP contribution < -0.4 is 14.8 Å². The minimum Gasteiger partial charge on any atom is -0.495 e. The summed E-state index contributed by atoms with van der Waals surface area (Å²) in [5.74, 6) is -0.871. The lowest BCUT2D eigenvalue weighted by Gasteiger charge is -2.12. The van der Waals surface area contributed by atoms with E-state index in [1.807, 2.05) is 24.3 Å². The van der Waals surface area contributed by atoms with Crippen LogP contribution in [-0.2, 0) is 10.0 Å². The number of ether oxygens (including phenoxy) is 1. The number of hydrogen-bond acceptors (Lipinski definition) is 6. The first-order valence-electron chi connectivity index (χ1n) is 8.89. The molecule has 1 aliphatic heterocycles. The van der Waals surface area contributed by atoms with Crippen LogP contribution in [0.15, 0.2) is 63.9 Å². The molecule has 0 saturated heterocycles. The number of carbonyl (C=O) groups excluding carboxylic acids is 2. The first kappa shape index (κ1) is 18.2. The lowest BCUT2D eigenvalue weighted by atomic mass is 10.1. The topological polar surface area (TPSA) is 115 Å². The van der Waals surface area contributed by atoms with Crippen molar-refractivity contribution in [3.8, 4) is 5.75 Å². The maximum atomic E-state index is 13.0. The Bertz CT molecular complexity index is 1490. The van der Waals surface area contributed by atoms with E-state index in [1.165, 1.54) is 25.3 Å². The van der Waals surface area contributed by atoms with E-state index in [2.05, 4.69) is 10.0 Å². The maximum absolute atomic E-state index is 13.0. The van der Waals surface area contributed by atoms with Crippen LogP contribution in [0.25, 0.3) is 21.9 Å². The van der Waals surface area contributed by atoms with Crippen LogP contribution in [0.5, 0.6) is 5.75 Å². The molecule has 8 nitrogen and oxygen atoms in total. The average Bonchev–Trinajstić information content (AvgIpc) is 3.23. The van der Waals surface area contributed by atoms with Gasteiger partial charge in [0.2, 0.25) is 0 Å². The van der Waals surface area contributed by atoms with Gasteiger partial charge in [-0.05, 0) is 30.3 Å². The summed E-state index contributed by atoms with van der Waals surface area (Å²) in [6.45, 7) is 0. The summed E-state index contributed by atoms with van der Waals surface area (Å²) in [5.41, 5.74) is 1.50. The Hall–Kier alpha value is -3.85. The average molecular weight is 422 g/mol. The predicted molar refractivity (Wildman–Crippen MR) is 109 cm³/mol. The van der Waals surface area contributed by atoms with Gasteiger partial charge >= 0.3 is 0 Å². The Morgan fingerprint density at radius 1 is 0.900 bits per heavy atom. The summed E-state index contributed by atoms with van der Waals surface area (Å²) < 4.78 is 39.6. The number of methoxy groups -OCH3 is 1. The van der Waals surface area contributed by atoms with E-state index in [0.29, 0.717) is 16.9 Å². The second kappa shape index (κ2) is 6.33. The molecule has 2 amide bonds. The molecule has 1 aliphatic rings. The fraction of sp³-hybridized carbons (Fsp3) is 0.0476. The molecule has 0 saturated carbocycles. The van der Waals surface area contributed by atoms with Crippen LogP contribution >= 0.6 is 0 Å². The second-order valence-corrected chi connectivity index (χ2v) is 8.43. The Labute approximate surface area is 170 Å². The van der Waals surface area contributed by atoms with Gasteiger partial charge in [0.1, 0.15) is 16.9 Å². The molecule has 9 heteroatoms. The highest BCUT2D eigenvalue weighted by molar-refractivity contribution is 7.92. The van der Waals surface area contributed by atoms with Crippen molar-refractivity contribution in [1.82, 2.24) is 5.32 Å². The van der Waals surface area contributed by atoms with E-state index in [0.717, 1.165) is 10.8 Å². The zero-order chi connectivity index (χ0) is 21.0. The molecule has 0 fully saturated rings. The summed E-state index contributed by atoms with van der Waals surface area (Å²) in [5, 5.41) is 3.81. The Kier molecular flexibility index (Phi) is 3.84. The summed E-state index contributed by atoms with van der Waals surface area (Å²) in [6, 6.07) is 14.5. The molecule has 0 unspecified atom stereocenters. The van der Waals surface area contributed by atoms with Crippen molar-refractivity contribution in [1.29, 1.82) is 0 Å². The second-order valence-electron chi connectivity index (χ2n) is 6.74. The van der Waals surface area contributed by atoms with Gasteiger partial charge in [0.05, 0.1) is 28.8 Å². The Morgan fingerprint density at radius 3 is 2.47 bits per heavy atom.